The molecule has 0 radical (unpaired) electrons. The molecule has 0 heterocycles. The van der Waals surface area contributed by atoms with E-state index in [1.54, 1.807) is 6.92 Å². The molecule has 0 fully saturated rings. The van der Waals surface area contributed by atoms with Crippen LogP contribution in [0.2, 0.25) is 0 Å². The van der Waals surface area contributed by atoms with Crippen molar-refractivity contribution < 1.29 is 22.6 Å². The lowest BCUT2D eigenvalue weighted by molar-refractivity contribution is -0.355. The van der Waals surface area contributed by atoms with Crippen molar-refractivity contribution in [3.8, 4) is 0 Å². The van der Waals surface area contributed by atoms with Gasteiger partial charge >= 0.3 is 6.36 Å². The summed E-state index contributed by atoms with van der Waals surface area (Å²) in [5.41, 5.74) is -1.12. The van der Waals surface area contributed by atoms with Gasteiger partial charge in [0.25, 0.3) is 0 Å². The number of hydrogen-bond acceptors (Lipinski definition) is 2. The molecule has 0 aromatic carbocycles. The fourth-order valence-electron chi connectivity index (χ4n) is 0.971. The lowest BCUT2D eigenvalue weighted by atomic mass is 10.0. The molecule has 2 unspecified atom stereocenters. The Morgan fingerprint density at radius 3 is 2.21 bits per heavy atom. The lowest BCUT2D eigenvalue weighted by Crippen LogP contribution is -2.42. The number of alkyl halides is 3. The molecule has 0 saturated carbocycles. The first-order valence-corrected chi connectivity index (χ1v) is 4.27. The average Bonchev–Trinajstić information content (AvgIpc) is 2.01. The van der Waals surface area contributed by atoms with Crippen molar-refractivity contribution in [2.75, 3.05) is 6.61 Å². The summed E-state index contributed by atoms with van der Waals surface area (Å²) >= 11 is 0. The Morgan fingerprint density at radius 1 is 1.43 bits per heavy atom. The number of ether oxygens (including phenoxy) is 2. The Labute approximate surface area is 81.7 Å². The summed E-state index contributed by atoms with van der Waals surface area (Å²) in [4.78, 5) is 0. The zero-order chi connectivity index (χ0) is 11.4. The number of rotatable bonds is 5. The van der Waals surface area contributed by atoms with Crippen LogP contribution in [0.25, 0.3) is 0 Å². The molecule has 5 heteroatoms. The Bertz CT molecular complexity index is 191. The molecule has 0 rings (SSSR count). The third-order valence-electron chi connectivity index (χ3n) is 1.98. The van der Waals surface area contributed by atoms with E-state index in [0.29, 0.717) is 6.61 Å². The predicted molar refractivity (Wildman–Crippen MR) is 46.8 cm³/mol. The topological polar surface area (TPSA) is 18.5 Å². The summed E-state index contributed by atoms with van der Waals surface area (Å²) in [7, 11) is 0. The highest BCUT2D eigenvalue weighted by Crippen LogP contribution is 2.27. The number of hydrogen-bond donors (Lipinski definition) is 0. The summed E-state index contributed by atoms with van der Waals surface area (Å²) in [6, 6.07) is 0. The fourth-order valence-corrected chi connectivity index (χ4v) is 0.971. The molecule has 0 bridgehead atoms. The van der Waals surface area contributed by atoms with Crippen LogP contribution in [-0.2, 0) is 9.47 Å². The van der Waals surface area contributed by atoms with E-state index >= 15 is 0 Å². The minimum absolute atomic E-state index is 0.300. The SMILES string of the molecule is C=CC(C)(OCC)C(C)OC(F)(F)F. The van der Waals surface area contributed by atoms with Gasteiger partial charge in [0.15, 0.2) is 0 Å². The van der Waals surface area contributed by atoms with Gasteiger partial charge in [-0.3, -0.25) is 4.74 Å². The monoisotopic (exact) mass is 212 g/mol. The van der Waals surface area contributed by atoms with Gasteiger partial charge in [-0.25, -0.2) is 0 Å². The van der Waals surface area contributed by atoms with Gasteiger partial charge in [-0.05, 0) is 20.8 Å². The first-order valence-electron chi connectivity index (χ1n) is 4.27. The normalized spacial score (nSPS) is 18.7. The van der Waals surface area contributed by atoms with Gasteiger partial charge in [-0.2, -0.15) is 0 Å². The van der Waals surface area contributed by atoms with Gasteiger partial charge in [0.2, 0.25) is 0 Å². The molecule has 0 amide bonds. The maximum atomic E-state index is 11.9. The Kier molecular flexibility index (Phi) is 4.61. The molecule has 14 heavy (non-hydrogen) atoms. The molecule has 84 valence electrons. The second-order valence-electron chi connectivity index (χ2n) is 3.03. The second-order valence-corrected chi connectivity index (χ2v) is 3.03. The van der Waals surface area contributed by atoms with Crippen LogP contribution < -0.4 is 0 Å². The van der Waals surface area contributed by atoms with Gasteiger partial charge in [-0.1, -0.05) is 6.08 Å². The van der Waals surface area contributed by atoms with Crippen molar-refractivity contribution in [2.24, 2.45) is 0 Å². The quantitative estimate of drug-likeness (QED) is 0.652. The maximum Gasteiger partial charge on any atom is 0.522 e. The molecule has 0 aromatic heterocycles. The van der Waals surface area contributed by atoms with E-state index in [1.165, 1.54) is 19.9 Å². The van der Waals surface area contributed by atoms with E-state index in [0.717, 1.165) is 0 Å². The van der Waals surface area contributed by atoms with E-state index in [2.05, 4.69) is 11.3 Å². The van der Waals surface area contributed by atoms with Crippen molar-refractivity contribution in [1.82, 2.24) is 0 Å². The Morgan fingerprint density at radius 2 is 1.93 bits per heavy atom. The third kappa shape index (κ3) is 4.11. The summed E-state index contributed by atoms with van der Waals surface area (Å²) < 4.78 is 44.7. The minimum Gasteiger partial charge on any atom is -0.369 e. The molecule has 0 aromatic rings. The van der Waals surface area contributed by atoms with E-state index in [9.17, 15) is 13.2 Å². The molecule has 2 nitrogen and oxygen atoms in total. The highest BCUT2D eigenvalue weighted by molar-refractivity contribution is 4.98. The van der Waals surface area contributed by atoms with Crippen LogP contribution in [0.1, 0.15) is 20.8 Å². The van der Waals surface area contributed by atoms with Gasteiger partial charge in [0, 0.05) is 6.61 Å². The van der Waals surface area contributed by atoms with Crippen LogP contribution in [0.4, 0.5) is 13.2 Å². The fraction of sp³-hybridized carbons (Fsp3) is 0.778. The van der Waals surface area contributed by atoms with Crippen LogP contribution in [0.15, 0.2) is 12.7 Å². The minimum atomic E-state index is -4.65. The Hall–Kier alpha value is -0.550. The van der Waals surface area contributed by atoms with Crippen LogP contribution in [-0.4, -0.2) is 24.7 Å². The van der Waals surface area contributed by atoms with Crippen molar-refractivity contribution in [2.45, 2.75) is 38.8 Å². The average molecular weight is 212 g/mol. The summed E-state index contributed by atoms with van der Waals surface area (Å²) in [5, 5.41) is 0. The Balaban J connectivity index is 4.45. The highest BCUT2D eigenvalue weighted by Gasteiger charge is 2.39. The standard InChI is InChI=1S/C9H15F3O2/c1-5-8(4,13-6-2)7(3)14-9(10,11)12/h5,7H,1,6H2,2-4H3. The third-order valence-corrected chi connectivity index (χ3v) is 1.98. The van der Waals surface area contributed by atoms with Gasteiger partial charge in [0.1, 0.15) is 5.60 Å². The molecule has 0 aliphatic rings. The maximum absolute atomic E-state index is 11.9. The van der Waals surface area contributed by atoms with Gasteiger partial charge in [0.05, 0.1) is 6.10 Å². The van der Waals surface area contributed by atoms with E-state index in [1.807, 2.05) is 0 Å². The highest BCUT2D eigenvalue weighted by atomic mass is 19.4. The van der Waals surface area contributed by atoms with Crippen molar-refractivity contribution in [1.29, 1.82) is 0 Å². The van der Waals surface area contributed by atoms with Crippen LogP contribution in [0.5, 0.6) is 0 Å². The van der Waals surface area contributed by atoms with E-state index in [4.69, 9.17) is 4.74 Å². The largest absolute Gasteiger partial charge is 0.522 e. The first-order chi connectivity index (χ1) is 6.25. The zero-order valence-corrected chi connectivity index (χ0v) is 8.52. The predicted octanol–water partition coefficient (Wildman–Crippen LogP) is 2.89. The molecule has 0 saturated heterocycles. The van der Waals surface area contributed by atoms with Crippen LogP contribution in [0.3, 0.4) is 0 Å². The van der Waals surface area contributed by atoms with Crippen molar-refractivity contribution in [3.05, 3.63) is 12.7 Å². The molecule has 0 N–H and O–H groups in total. The second kappa shape index (κ2) is 4.79. The smallest absolute Gasteiger partial charge is 0.369 e. The van der Waals surface area contributed by atoms with Crippen molar-refractivity contribution >= 4 is 0 Å². The van der Waals surface area contributed by atoms with Crippen LogP contribution >= 0.6 is 0 Å². The molecule has 0 aliphatic carbocycles. The first kappa shape index (κ1) is 13.4. The van der Waals surface area contributed by atoms with E-state index in [-0.39, 0.29) is 0 Å². The summed E-state index contributed by atoms with van der Waals surface area (Å²) in [6.45, 7) is 8.22. The molecular weight excluding hydrogens is 197 g/mol. The summed E-state index contributed by atoms with van der Waals surface area (Å²) in [5.74, 6) is 0. The summed E-state index contributed by atoms with van der Waals surface area (Å²) in [6.07, 6.45) is -4.46. The molecular formula is C9H15F3O2. The van der Waals surface area contributed by atoms with E-state index < -0.39 is 18.1 Å². The molecule has 0 aliphatic heterocycles. The van der Waals surface area contributed by atoms with Crippen molar-refractivity contribution in [3.63, 3.8) is 0 Å². The lowest BCUT2D eigenvalue weighted by Gasteiger charge is -2.32. The molecule has 0 spiro atoms. The van der Waals surface area contributed by atoms with Gasteiger partial charge < -0.3 is 4.74 Å². The van der Waals surface area contributed by atoms with Crippen LogP contribution in [0, 0.1) is 0 Å². The molecule has 2 atom stereocenters. The van der Waals surface area contributed by atoms with Gasteiger partial charge in [-0.15, -0.1) is 19.8 Å². The zero-order valence-electron chi connectivity index (χ0n) is 8.52. The number of halogens is 3.